The fourth-order valence-electron chi connectivity index (χ4n) is 2.04. The second-order valence-electron chi connectivity index (χ2n) is 4.35. The van der Waals surface area contributed by atoms with Crippen LogP contribution in [0, 0.1) is 0 Å². The lowest BCUT2D eigenvalue weighted by atomic mass is 10.1. The molecule has 6 heteroatoms. The Morgan fingerprint density at radius 1 is 1.50 bits per heavy atom. The maximum absolute atomic E-state index is 11.7. The summed E-state index contributed by atoms with van der Waals surface area (Å²) in [5.41, 5.74) is 1.97. The number of H-pyrrole nitrogens is 1. The number of pyridine rings is 1. The number of aromatic amines is 1. The molecule has 3 aromatic heterocycles. The second kappa shape index (κ2) is 5.50. The Kier molecular flexibility index (Phi) is 3.56. The van der Waals surface area contributed by atoms with Crippen LogP contribution in [-0.2, 0) is 6.42 Å². The lowest BCUT2D eigenvalue weighted by Gasteiger charge is -2.02. The Labute approximate surface area is 123 Å². The second-order valence-corrected chi connectivity index (χ2v) is 5.26. The molecule has 0 saturated carbocycles. The van der Waals surface area contributed by atoms with E-state index >= 15 is 0 Å². The van der Waals surface area contributed by atoms with Crippen LogP contribution in [0.15, 0.2) is 45.7 Å². The van der Waals surface area contributed by atoms with E-state index in [-0.39, 0.29) is 5.91 Å². The molecule has 0 unspecified atom stereocenters. The third-order valence-corrected chi connectivity index (χ3v) is 3.44. The maximum atomic E-state index is 11.7. The number of hydrogen-bond donors (Lipinski definition) is 2. The number of carbonyl (C=O) groups is 1. The molecule has 3 rings (SSSR count). The highest BCUT2D eigenvalue weighted by molar-refractivity contribution is 9.10. The van der Waals surface area contributed by atoms with Gasteiger partial charge in [-0.15, -0.1) is 0 Å². The van der Waals surface area contributed by atoms with E-state index in [1.165, 1.54) is 6.26 Å². The van der Waals surface area contributed by atoms with Gasteiger partial charge in [0.05, 0.1) is 6.26 Å². The van der Waals surface area contributed by atoms with Gasteiger partial charge in [-0.1, -0.05) is 0 Å². The van der Waals surface area contributed by atoms with Gasteiger partial charge in [-0.2, -0.15) is 0 Å². The zero-order valence-corrected chi connectivity index (χ0v) is 12.1. The van der Waals surface area contributed by atoms with Crippen molar-refractivity contribution in [1.82, 2.24) is 15.3 Å². The summed E-state index contributed by atoms with van der Waals surface area (Å²) in [6.45, 7) is 0.541. The number of aromatic nitrogens is 2. The average Bonchev–Trinajstić information content (AvgIpc) is 3.08. The fourth-order valence-corrected chi connectivity index (χ4v) is 2.38. The summed E-state index contributed by atoms with van der Waals surface area (Å²) in [6, 6.07) is 5.35. The molecule has 2 N–H and O–H groups in total. The minimum absolute atomic E-state index is 0.200. The van der Waals surface area contributed by atoms with Crippen LogP contribution in [0.4, 0.5) is 0 Å². The van der Waals surface area contributed by atoms with E-state index in [9.17, 15) is 4.79 Å². The normalized spacial score (nSPS) is 10.8. The van der Waals surface area contributed by atoms with Crippen molar-refractivity contribution in [2.75, 3.05) is 6.54 Å². The van der Waals surface area contributed by atoms with Crippen LogP contribution in [0.2, 0.25) is 0 Å². The van der Waals surface area contributed by atoms with E-state index in [4.69, 9.17) is 4.42 Å². The molecule has 20 heavy (non-hydrogen) atoms. The molecule has 0 aliphatic rings. The number of carbonyl (C=O) groups excluding carboxylic acids is 1. The van der Waals surface area contributed by atoms with Crippen molar-refractivity contribution in [3.63, 3.8) is 0 Å². The predicted molar refractivity (Wildman–Crippen MR) is 78.5 cm³/mol. The quantitative estimate of drug-likeness (QED) is 0.771. The van der Waals surface area contributed by atoms with Crippen molar-refractivity contribution in [3.05, 3.63) is 52.7 Å². The van der Waals surface area contributed by atoms with E-state index in [1.54, 1.807) is 18.3 Å². The van der Waals surface area contributed by atoms with Crippen LogP contribution in [0.1, 0.15) is 16.1 Å². The van der Waals surface area contributed by atoms with Crippen LogP contribution in [0.3, 0.4) is 0 Å². The molecule has 0 radical (unpaired) electrons. The Balaban J connectivity index is 1.65. The van der Waals surface area contributed by atoms with Gasteiger partial charge < -0.3 is 14.7 Å². The summed E-state index contributed by atoms with van der Waals surface area (Å²) in [4.78, 5) is 19.1. The van der Waals surface area contributed by atoms with Gasteiger partial charge in [-0.05, 0) is 46.1 Å². The van der Waals surface area contributed by atoms with Crippen LogP contribution < -0.4 is 5.32 Å². The van der Waals surface area contributed by atoms with Crippen molar-refractivity contribution < 1.29 is 9.21 Å². The van der Waals surface area contributed by atoms with Crippen LogP contribution in [0.5, 0.6) is 0 Å². The Hall–Kier alpha value is -2.08. The van der Waals surface area contributed by atoms with Crippen molar-refractivity contribution in [2.45, 2.75) is 6.42 Å². The highest BCUT2D eigenvalue weighted by atomic mass is 79.9. The minimum Gasteiger partial charge on any atom is -0.459 e. The Morgan fingerprint density at radius 3 is 3.20 bits per heavy atom. The maximum Gasteiger partial charge on any atom is 0.286 e. The Morgan fingerprint density at radius 2 is 2.40 bits per heavy atom. The van der Waals surface area contributed by atoms with E-state index < -0.39 is 0 Å². The highest BCUT2D eigenvalue weighted by Gasteiger charge is 2.09. The van der Waals surface area contributed by atoms with E-state index in [0.717, 1.165) is 27.5 Å². The number of fused-ring (bicyclic) bond motifs is 1. The molecule has 0 aliphatic carbocycles. The van der Waals surface area contributed by atoms with Crippen LogP contribution >= 0.6 is 15.9 Å². The fraction of sp³-hybridized carbons (Fsp3) is 0.143. The molecule has 5 nitrogen and oxygen atoms in total. The zero-order chi connectivity index (χ0) is 13.9. The average molecular weight is 334 g/mol. The number of nitrogens with zero attached hydrogens (tertiary/aromatic N) is 1. The van der Waals surface area contributed by atoms with E-state index in [0.29, 0.717) is 12.3 Å². The van der Waals surface area contributed by atoms with E-state index in [1.807, 2.05) is 12.3 Å². The number of halogens is 1. The number of rotatable bonds is 4. The molecule has 3 aromatic rings. The molecular formula is C14H12BrN3O2. The third-order valence-electron chi connectivity index (χ3n) is 3.01. The van der Waals surface area contributed by atoms with Crippen molar-refractivity contribution in [3.8, 4) is 0 Å². The predicted octanol–water partition coefficient (Wildman–Crippen LogP) is 2.89. The van der Waals surface area contributed by atoms with Gasteiger partial charge >= 0.3 is 0 Å². The molecule has 0 atom stereocenters. The number of furan rings is 1. The lowest BCUT2D eigenvalue weighted by molar-refractivity contribution is 0.0926. The molecule has 3 heterocycles. The van der Waals surface area contributed by atoms with Gasteiger partial charge in [-0.3, -0.25) is 4.79 Å². The molecule has 1 amide bonds. The first-order chi connectivity index (χ1) is 9.74. The minimum atomic E-state index is -0.200. The monoisotopic (exact) mass is 333 g/mol. The largest absolute Gasteiger partial charge is 0.459 e. The van der Waals surface area contributed by atoms with Crippen molar-refractivity contribution in [2.24, 2.45) is 0 Å². The molecule has 0 aliphatic heterocycles. The first-order valence-electron chi connectivity index (χ1n) is 6.17. The molecular weight excluding hydrogens is 322 g/mol. The van der Waals surface area contributed by atoms with Crippen molar-refractivity contribution in [1.29, 1.82) is 0 Å². The summed E-state index contributed by atoms with van der Waals surface area (Å²) < 4.78 is 5.97. The summed E-state index contributed by atoms with van der Waals surface area (Å²) in [6.07, 6.45) is 5.88. The first-order valence-corrected chi connectivity index (χ1v) is 6.96. The molecule has 0 fully saturated rings. The van der Waals surface area contributed by atoms with Gasteiger partial charge in [0.2, 0.25) is 0 Å². The number of amides is 1. The van der Waals surface area contributed by atoms with Gasteiger partial charge in [0.15, 0.2) is 5.76 Å². The molecule has 0 saturated heterocycles. The SMILES string of the molecule is O=C(NCCc1c[nH]c2ncc(Br)cc12)c1ccco1. The summed E-state index contributed by atoms with van der Waals surface area (Å²) >= 11 is 3.41. The zero-order valence-electron chi connectivity index (χ0n) is 10.5. The van der Waals surface area contributed by atoms with Gasteiger partial charge in [0.1, 0.15) is 5.65 Å². The molecule has 0 spiro atoms. The van der Waals surface area contributed by atoms with Gasteiger partial charge in [-0.25, -0.2) is 4.98 Å². The summed E-state index contributed by atoms with van der Waals surface area (Å²) in [5.74, 6) is 0.127. The lowest BCUT2D eigenvalue weighted by Crippen LogP contribution is -2.25. The summed E-state index contributed by atoms with van der Waals surface area (Å²) in [5, 5.41) is 3.89. The van der Waals surface area contributed by atoms with Gasteiger partial charge in [0, 0.05) is 28.8 Å². The van der Waals surface area contributed by atoms with Gasteiger partial charge in [0.25, 0.3) is 5.91 Å². The number of nitrogens with one attached hydrogen (secondary N) is 2. The van der Waals surface area contributed by atoms with Crippen LogP contribution in [-0.4, -0.2) is 22.4 Å². The number of hydrogen-bond acceptors (Lipinski definition) is 3. The standard InChI is InChI=1S/C14H12BrN3O2/c15-10-6-11-9(7-17-13(11)18-8-10)3-4-16-14(19)12-2-1-5-20-12/h1-2,5-8H,3-4H2,(H,16,19)(H,17,18). The topological polar surface area (TPSA) is 70.9 Å². The first kappa shape index (κ1) is 12.9. The highest BCUT2D eigenvalue weighted by Crippen LogP contribution is 2.20. The van der Waals surface area contributed by atoms with E-state index in [2.05, 4.69) is 31.2 Å². The molecule has 0 aromatic carbocycles. The smallest absolute Gasteiger partial charge is 0.286 e. The summed E-state index contributed by atoms with van der Waals surface area (Å²) in [7, 11) is 0. The Bertz CT molecular complexity index is 734. The van der Waals surface area contributed by atoms with Crippen LogP contribution in [0.25, 0.3) is 11.0 Å². The molecule has 102 valence electrons. The molecule has 0 bridgehead atoms. The third kappa shape index (κ3) is 2.60. The van der Waals surface area contributed by atoms with Crippen molar-refractivity contribution >= 4 is 32.9 Å².